The summed E-state index contributed by atoms with van der Waals surface area (Å²) in [6, 6.07) is 15.6. The lowest BCUT2D eigenvalue weighted by atomic mass is 9.80. The molecule has 0 saturated heterocycles. The molecule has 3 atom stereocenters. The van der Waals surface area contributed by atoms with Crippen molar-refractivity contribution in [3.63, 3.8) is 0 Å². The first-order chi connectivity index (χ1) is 15.7. The molecule has 0 unspecified atom stereocenters. The molecule has 2 aliphatic rings. The Labute approximate surface area is 187 Å². The molecular formula is C25H29NO6. The molecule has 170 valence electrons. The number of allylic oxidation sites excluding steroid dienone is 1. The molecule has 2 aromatic carbocycles. The van der Waals surface area contributed by atoms with Gasteiger partial charge in [0.2, 0.25) is 13.1 Å². The minimum absolute atomic E-state index is 0.00471. The van der Waals surface area contributed by atoms with Crippen LogP contribution in [0, 0.1) is 5.92 Å². The average molecular weight is 440 g/mol. The topological polar surface area (TPSA) is 86.3 Å². The number of carbonyl (C=O) groups is 1. The van der Waals surface area contributed by atoms with Crippen LogP contribution in [0.2, 0.25) is 0 Å². The van der Waals surface area contributed by atoms with E-state index in [4.69, 9.17) is 18.9 Å². The summed E-state index contributed by atoms with van der Waals surface area (Å²) < 4.78 is 22.6. The van der Waals surface area contributed by atoms with Crippen LogP contribution in [0.15, 0.2) is 60.4 Å². The van der Waals surface area contributed by atoms with Crippen LogP contribution in [-0.4, -0.2) is 37.3 Å². The Morgan fingerprint density at radius 1 is 1.16 bits per heavy atom. The number of hydrogen-bond donors (Lipinski definition) is 2. The second-order valence-corrected chi connectivity index (χ2v) is 7.81. The van der Waals surface area contributed by atoms with Crippen LogP contribution >= 0.6 is 0 Å². The summed E-state index contributed by atoms with van der Waals surface area (Å²) in [5.74, 6) is 1.27. The molecular weight excluding hydrogens is 410 g/mol. The summed E-state index contributed by atoms with van der Waals surface area (Å²) in [5, 5.41) is 12.3. The Morgan fingerprint density at radius 3 is 2.75 bits per heavy atom. The van der Waals surface area contributed by atoms with Gasteiger partial charge >= 0.3 is 0 Å². The van der Waals surface area contributed by atoms with Crippen molar-refractivity contribution in [2.45, 2.75) is 38.5 Å². The number of benzene rings is 2. The Bertz CT molecular complexity index is 945. The fourth-order valence-corrected chi connectivity index (χ4v) is 4.14. The van der Waals surface area contributed by atoms with Crippen molar-refractivity contribution in [3.05, 3.63) is 71.5 Å². The van der Waals surface area contributed by atoms with Crippen molar-refractivity contribution in [1.29, 1.82) is 0 Å². The number of carbonyl (C=O) groups excluding carboxylic acids is 1. The third-order valence-corrected chi connectivity index (χ3v) is 5.71. The average Bonchev–Trinajstić information content (AvgIpc) is 3.30. The number of amides is 1. The van der Waals surface area contributed by atoms with Gasteiger partial charge in [0.1, 0.15) is 0 Å². The van der Waals surface area contributed by atoms with E-state index in [2.05, 4.69) is 5.32 Å². The van der Waals surface area contributed by atoms with Crippen LogP contribution in [0.4, 0.5) is 0 Å². The maximum Gasteiger partial charge on any atom is 0.286 e. The first-order valence-corrected chi connectivity index (χ1v) is 11.0. The standard InChI is InChI=1S/C25H29NO6/c1-2-29-25-19(9-6-12-27)20(18-7-4-3-5-8-18)14-23(32-25)24(28)26-15-17-10-11-21-22(13-17)31-16-30-21/h3-5,7-8,10-11,13-14,19-20,25,27H,2,6,9,12,15-16H2,1H3,(H,26,28)/t19-,20+,25+/m1/s1. The van der Waals surface area contributed by atoms with E-state index in [-0.39, 0.29) is 36.9 Å². The van der Waals surface area contributed by atoms with Gasteiger partial charge in [-0.15, -0.1) is 0 Å². The van der Waals surface area contributed by atoms with E-state index < -0.39 is 6.29 Å². The van der Waals surface area contributed by atoms with Gasteiger partial charge in [-0.1, -0.05) is 36.4 Å². The molecule has 7 nitrogen and oxygen atoms in total. The number of aliphatic hydroxyl groups excluding tert-OH is 1. The van der Waals surface area contributed by atoms with Gasteiger partial charge in [-0.25, -0.2) is 0 Å². The highest BCUT2D eigenvalue weighted by atomic mass is 16.7. The molecule has 0 fully saturated rings. The highest BCUT2D eigenvalue weighted by Gasteiger charge is 2.37. The van der Waals surface area contributed by atoms with Gasteiger partial charge in [0, 0.05) is 31.6 Å². The summed E-state index contributed by atoms with van der Waals surface area (Å²) >= 11 is 0. The van der Waals surface area contributed by atoms with Gasteiger partial charge in [0.25, 0.3) is 5.91 Å². The summed E-state index contributed by atoms with van der Waals surface area (Å²) in [7, 11) is 0. The second-order valence-electron chi connectivity index (χ2n) is 7.81. The smallest absolute Gasteiger partial charge is 0.286 e. The zero-order chi connectivity index (χ0) is 22.3. The van der Waals surface area contributed by atoms with Crippen molar-refractivity contribution in [1.82, 2.24) is 5.32 Å². The second kappa shape index (κ2) is 10.5. The first-order valence-electron chi connectivity index (χ1n) is 11.0. The van der Waals surface area contributed by atoms with Gasteiger partial charge in [-0.2, -0.15) is 0 Å². The summed E-state index contributed by atoms with van der Waals surface area (Å²) in [6.45, 7) is 3.02. The Morgan fingerprint density at radius 2 is 1.97 bits per heavy atom. The van der Waals surface area contributed by atoms with E-state index in [1.54, 1.807) is 0 Å². The normalized spacial score (nSPS) is 21.6. The van der Waals surface area contributed by atoms with E-state index in [9.17, 15) is 9.90 Å². The maximum absolute atomic E-state index is 13.0. The minimum atomic E-state index is -0.562. The third kappa shape index (κ3) is 5.06. The molecule has 2 aliphatic heterocycles. The lowest BCUT2D eigenvalue weighted by Crippen LogP contribution is -2.38. The molecule has 0 aliphatic carbocycles. The lowest BCUT2D eigenvalue weighted by Gasteiger charge is -2.37. The molecule has 0 saturated carbocycles. The van der Waals surface area contributed by atoms with Gasteiger partial charge in [0.05, 0.1) is 0 Å². The van der Waals surface area contributed by atoms with Gasteiger partial charge in [-0.05, 0) is 49.1 Å². The lowest BCUT2D eigenvalue weighted by molar-refractivity contribution is -0.166. The summed E-state index contributed by atoms with van der Waals surface area (Å²) in [6.07, 6.45) is 2.68. The molecule has 2 N–H and O–H groups in total. The minimum Gasteiger partial charge on any atom is -0.459 e. The molecule has 2 heterocycles. The first kappa shape index (κ1) is 22.2. The summed E-state index contributed by atoms with van der Waals surface area (Å²) in [4.78, 5) is 13.0. The molecule has 2 aromatic rings. The van der Waals surface area contributed by atoms with E-state index in [0.29, 0.717) is 31.1 Å². The van der Waals surface area contributed by atoms with Crippen molar-refractivity contribution >= 4 is 5.91 Å². The van der Waals surface area contributed by atoms with Crippen LogP contribution in [0.5, 0.6) is 11.5 Å². The Hall–Kier alpha value is -3.03. The van der Waals surface area contributed by atoms with E-state index in [1.807, 2.05) is 61.5 Å². The highest BCUT2D eigenvalue weighted by molar-refractivity contribution is 5.91. The third-order valence-electron chi connectivity index (χ3n) is 5.71. The van der Waals surface area contributed by atoms with E-state index in [1.165, 1.54) is 0 Å². The van der Waals surface area contributed by atoms with Crippen molar-refractivity contribution in [2.24, 2.45) is 5.92 Å². The van der Waals surface area contributed by atoms with Crippen LogP contribution < -0.4 is 14.8 Å². The number of aliphatic hydroxyl groups is 1. The maximum atomic E-state index is 13.0. The number of nitrogens with one attached hydrogen (secondary N) is 1. The van der Waals surface area contributed by atoms with Crippen molar-refractivity contribution < 1.29 is 28.8 Å². The van der Waals surface area contributed by atoms with Gasteiger partial charge in [-0.3, -0.25) is 4.79 Å². The van der Waals surface area contributed by atoms with Crippen molar-refractivity contribution in [2.75, 3.05) is 20.0 Å². The molecule has 0 aromatic heterocycles. The predicted octanol–water partition coefficient (Wildman–Crippen LogP) is 3.48. The molecule has 0 bridgehead atoms. The number of fused-ring (bicyclic) bond motifs is 1. The molecule has 0 radical (unpaired) electrons. The molecule has 7 heteroatoms. The van der Waals surface area contributed by atoms with E-state index >= 15 is 0 Å². The quantitative estimate of drug-likeness (QED) is 0.622. The number of ether oxygens (including phenoxy) is 4. The molecule has 0 spiro atoms. The van der Waals surface area contributed by atoms with Crippen LogP contribution in [-0.2, 0) is 20.8 Å². The SMILES string of the molecule is CCO[C@H]1OC(C(=O)NCc2ccc3c(c2)OCO3)=C[C@@H](c2ccccc2)[C@H]1CCCO. The largest absolute Gasteiger partial charge is 0.459 e. The Kier molecular flexibility index (Phi) is 7.29. The fraction of sp³-hybridized carbons (Fsp3) is 0.400. The fourth-order valence-electron chi connectivity index (χ4n) is 4.14. The highest BCUT2D eigenvalue weighted by Crippen LogP contribution is 2.39. The van der Waals surface area contributed by atoms with Crippen LogP contribution in [0.1, 0.15) is 36.8 Å². The predicted molar refractivity (Wildman–Crippen MR) is 118 cm³/mol. The molecule has 1 amide bonds. The van der Waals surface area contributed by atoms with Crippen LogP contribution in [0.3, 0.4) is 0 Å². The summed E-state index contributed by atoms with van der Waals surface area (Å²) in [5.41, 5.74) is 1.99. The number of rotatable bonds is 9. The monoisotopic (exact) mass is 439 g/mol. The van der Waals surface area contributed by atoms with Crippen molar-refractivity contribution in [3.8, 4) is 11.5 Å². The van der Waals surface area contributed by atoms with Gasteiger partial charge in [0.15, 0.2) is 17.3 Å². The number of hydrogen-bond acceptors (Lipinski definition) is 6. The van der Waals surface area contributed by atoms with Gasteiger partial charge < -0.3 is 29.4 Å². The van der Waals surface area contributed by atoms with Crippen LogP contribution in [0.25, 0.3) is 0 Å². The zero-order valence-corrected chi connectivity index (χ0v) is 18.2. The Balaban J connectivity index is 1.52. The van der Waals surface area contributed by atoms with E-state index in [0.717, 1.165) is 17.5 Å². The molecule has 4 rings (SSSR count). The zero-order valence-electron chi connectivity index (χ0n) is 18.2. The molecule has 32 heavy (non-hydrogen) atoms.